The molecule has 3 aliphatic rings. The van der Waals surface area contributed by atoms with Gasteiger partial charge < -0.3 is 14.2 Å². The summed E-state index contributed by atoms with van der Waals surface area (Å²) in [5.74, 6) is -4.01. The maximum Gasteiger partial charge on any atom is 0.310 e. The molecule has 0 aromatic rings. The third kappa shape index (κ3) is 3.34. The Morgan fingerprint density at radius 2 is 1.83 bits per heavy atom. The molecule has 30 heavy (non-hydrogen) atoms. The smallest absolute Gasteiger partial charge is 0.310 e. The molecule has 1 heterocycles. The van der Waals surface area contributed by atoms with Gasteiger partial charge in [-0.3, -0.25) is 24.0 Å². The number of methoxy groups -OCH3 is 1. The van der Waals surface area contributed by atoms with Gasteiger partial charge >= 0.3 is 17.9 Å². The van der Waals surface area contributed by atoms with Gasteiger partial charge in [0.05, 0.1) is 18.9 Å². The first kappa shape index (κ1) is 22.4. The van der Waals surface area contributed by atoms with E-state index in [4.69, 9.17) is 14.2 Å². The van der Waals surface area contributed by atoms with Crippen LogP contribution in [0.5, 0.6) is 0 Å². The molecule has 2 saturated carbocycles. The molecule has 0 N–H and O–H groups in total. The number of ether oxygens (including phenoxy) is 3. The highest BCUT2D eigenvalue weighted by molar-refractivity contribution is 5.94. The fraction of sp³-hybridized carbons (Fsp3) is 0.773. The quantitative estimate of drug-likeness (QED) is 0.499. The molecule has 0 unspecified atom stereocenters. The standard InChI is InChI=1S/C22H30O8/c1-6-14(24)16-10-22(4)12(20(27)30-16)7-8-21(3)13(19(26)28-5)9-15(29-11(2)23)17(25)18(21)22/h12-13,15-16,18H,6-10H2,1-5H3/t12-,13-,15-,16-,18-,21-,22-/m0/s1. The van der Waals surface area contributed by atoms with Crippen LogP contribution in [0.3, 0.4) is 0 Å². The molecule has 1 saturated heterocycles. The van der Waals surface area contributed by atoms with Gasteiger partial charge in [-0.25, -0.2) is 0 Å². The summed E-state index contributed by atoms with van der Waals surface area (Å²) in [5.41, 5.74) is -1.66. The Balaban J connectivity index is 2.10. The average molecular weight is 422 g/mol. The van der Waals surface area contributed by atoms with Gasteiger partial charge in [-0.1, -0.05) is 20.8 Å². The predicted octanol–water partition coefficient (Wildman–Crippen LogP) is 2.01. The lowest BCUT2D eigenvalue weighted by molar-refractivity contribution is -0.210. The van der Waals surface area contributed by atoms with Gasteiger partial charge in [-0.2, -0.15) is 0 Å². The molecule has 8 heteroatoms. The lowest BCUT2D eigenvalue weighted by Gasteiger charge is -2.60. The van der Waals surface area contributed by atoms with Crippen LogP contribution in [0.25, 0.3) is 0 Å². The molecule has 1 aliphatic heterocycles. The summed E-state index contributed by atoms with van der Waals surface area (Å²) < 4.78 is 15.7. The van der Waals surface area contributed by atoms with Crippen molar-refractivity contribution in [1.29, 1.82) is 0 Å². The topological polar surface area (TPSA) is 113 Å². The lowest BCUT2D eigenvalue weighted by Crippen LogP contribution is -2.65. The van der Waals surface area contributed by atoms with E-state index in [9.17, 15) is 24.0 Å². The number of fused-ring (bicyclic) bond motifs is 3. The van der Waals surface area contributed by atoms with E-state index in [0.29, 0.717) is 12.8 Å². The first-order chi connectivity index (χ1) is 14.0. The fourth-order valence-electron chi connectivity index (χ4n) is 6.23. The van der Waals surface area contributed by atoms with Gasteiger partial charge in [0.2, 0.25) is 0 Å². The SMILES string of the molecule is CCC(=O)[C@@H]1C[C@]2(C)[C@H]3C(=O)[C@@H](OC(C)=O)C[C@@H](C(=O)OC)[C@]3(C)CC[C@H]2C(=O)O1. The molecular formula is C22H30O8. The highest BCUT2D eigenvalue weighted by atomic mass is 16.6. The molecular weight excluding hydrogens is 392 g/mol. The number of hydrogen-bond donors (Lipinski definition) is 0. The Morgan fingerprint density at radius 1 is 1.17 bits per heavy atom. The van der Waals surface area contributed by atoms with Gasteiger partial charge in [0.1, 0.15) is 0 Å². The van der Waals surface area contributed by atoms with Crippen molar-refractivity contribution in [3.63, 3.8) is 0 Å². The van der Waals surface area contributed by atoms with Gasteiger partial charge in [-0.05, 0) is 30.1 Å². The molecule has 0 bridgehead atoms. The van der Waals surface area contributed by atoms with Crippen molar-refractivity contribution in [2.75, 3.05) is 7.11 Å². The molecule has 8 nitrogen and oxygen atoms in total. The van der Waals surface area contributed by atoms with Crippen LogP contribution in [0.4, 0.5) is 0 Å². The minimum absolute atomic E-state index is 0.0561. The first-order valence-electron chi connectivity index (χ1n) is 10.5. The number of ketones is 2. The Labute approximate surface area is 176 Å². The van der Waals surface area contributed by atoms with E-state index in [2.05, 4.69) is 0 Å². The zero-order chi connectivity index (χ0) is 22.4. The van der Waals surface area contributed by atoms with Crippen LogP contribution in [0.15, 0.2) is 0 Å². The summed E-state index contributed by atoms with van der Waals surface area (Å²) in [6, 6.07) is 0. The highest BCUT2D eigenvalue weighted by Gasteiger charge is 2.68. The predicted molar refractivity (Wildman–Crippen MR) is 103 cm³/mol. The highest BCUT2D eigenvalue weighted by Crippen LogP contribution is 2.64. The lowest BCUT2D eigenvalue weighted by atomic mass is 9.43. The summed E-state index contributed by atoms with van der Waals surface area (Å²) in [4.78, 5) is 63.1. The zero-order valence-corrected chi connectivity index (χ0v) is 18.2. The largest absolute Gasteiger partial charge is 0.469 e. The maximum atomic E-state index is 13.6. The Hall–Kier alpha value is -2.25. The van der Waals surface area contributed by atoms with Crippen molar-refractivity contribution in [1.82, 2.24) is 0 Å². The third-order valence-electron chi connectivity index (χ3n) is 7.60. The third-order valence-corrected chi connectivity index (χ3v) is 7.60. The van der Waals surface area contributed by atoms with E-state index >= 15 is 0 Å². The Bertz CT molecular complexity index is 788. The molecule has 166 valence electrons. The van der Waals surface area contributed by atoms with Crippen molar-refractivity contribution >= 4 is 29.5 Å². The average Bonchev–Trinajstić information content (AvgIpc) is 2.67. The molecule has 0 radical (unpaired) electrons. The van der Waals surface area contributed by atoms with Crippen LogP contribution in [-0.2, 0) is 38.2 Å². The van der Waals surface area contributed by atoms with Crippen molar-refractivity contribution in [3.05, 3.63) is 0 Å². The number of esters is 3. The first-order valence-corrected chi connectivity index (χ1v) is 10.5. The Kier molecular flexibility index (Phi) is 5.82. The number of hydrogen-bond acceptors (Lipinski definition) is 8. The molecule has 3 rings (SSSR count). The second-order valence-corrected chi connectivity index (χ2v) is 9.30. The van der Waals surface area contributed by atoms with E-state index < -0.39 is 58.7 Å². The number of cyclic esters (lactones) is 1. The van der Waals surface area contributed by atoms with Crippen LogP contribution in [-0.4, -0.2) is 48.8 Å². The molecule has 0 aromatic carbocycles. The normalized spacial score (nSPS) is 40.5. The number of Topliss-reactive ketones (excluding diaryl/α,β-unsaturated/α-hetero) is 2. The van der Waals surface area contributed by atoms with E-state index in [0.717, 1.165) is 0 Å². The molecule has 3 fully saturated rings. The number of rotatable bonds is 4. The van der Waals surface area contributed by atoms with Crippen LogP contribution in [0, 0.1) is 28.6 Å². The molecule has 7 atom stereocenters. The van der Waals surface area contributed by atoms with E-state index in [1.165, 1.54) is 14.0 Å². The van der Waals surface area contributed by atoms with Crippen LogP contribution in [0.2, 0.25) is 0 Å². The van der Waals surface area contributed by atoms with Crippen LogP contribution in [0.1, 0.15) is 59.8 Å². The molecule has 0 aromatic heterocycles. The minimum atomic E-state index is -1.08. The summed E-state index contributed by atoms with van der Waals surface area (Å²) in [5, 5.41) is 0. The molecule has 2 aliphatic carbocycles. The fourth-order valence-corrected chi connectivity index (χ4v) is 6.23. The van der Waals surface area contributed by atoms with Gasteiger partial charge in [-0.15, -0.1) is 0 Å². The van der Waals surface area contributed by atoms with Gasteiger partial charge in [0.25, 0.3) is 0 Å². The van der Waals surface area contributed by atoms with Crippen molar-refractivity contribution in [2.45, 2.75) is 72.0 Å². The monoisotopic (exact) mass is 422 g/mol. The number of carbonyl (C=O) groups excluding carboxylic acids is 5. The van der Waals surface area contributed by atoms with Crippen LogP contribution >= 0.6 is 0 Å². The molecule has 0 spiro atoms. The second-order valence-electron chi connectivity index (χ2n) is 9.30. The Morgan fingerprint density at radius 3 is 2.40 bits per heavy atom. The van der Waals surface area contributed by atoms with E-state index in [-0.39, 0.29) is 30.8 Å². The molecule has 0 amide bonds. The second kappa shape index (κ2) is 7.78. The maximum absolute atomic E-state index is 13.6. The number of carbonyl (C=O) groups is 5. The van der Waals surface area contributed by atoms with Crippen molar-refractivity contribution in [2.24, 2.45) is 28.6 Å². The van der Waals surface area contributed by atoms with Crippen molar-refractivity contribution < 1.29 is 38.2 Å². The zero-order valence-electron chi connectivity index (χ0n) is 18.2. The van der Waals surface area contributed by atoms with Crippen molar-refractivity contribution in [3.8, 4) is 0 Å². The summed E-state index contributed by atoms with van der Waals surface area (Å²) in [6.07, 6.45) is -0.603. The summed E-state index contributed by atoms with van der Waals surface area (Å²) >= 11 is 0. The summed E-state index contributed by atoms with van der Waals surface area (Å²) in [6.45, 7) is 6.62. The van der Waals surface area contributed by atoms with Crippen LogP contribution < -0.4 is 0 Å². The van der Waals surface area contributed by atoms with Gasteiger partial charge in [0.15, 0.2) is 23.8 Å². The summed E-state index contributed by atoms with van der Waals surface area (Å²) in [7, 11) is 1.29. The minimum Gasteiger partial charge on any atom is -0.469 e. The van der Waals surface area contributed by atoms with E-state index in [1.54, 1.807) is 6.92 Å². The van der Waals surface area contributed by atoms with Gasteiger partial charge in [0, 0.05) is 25.7 Å². The van der Waals surface area contributed by atoms with E-state index in [1.807, 2.05) is 13.8 Å².